The van der Waals surface area contributed by atoms with E-state index in [1.807, 2.05) is 66.7 Å². The monoisotopic (exact) mass is 460 g/mol. The Morgan fingerprint density at radius 1 is 0.914 bits per heavy atom. The Labute approximate surface area is 205 Å². The number of fused-ring (bicyclic) bond motifs is 4. The van der Waals surface area contributed by atoms with Gasteiger partial charge in [0.2, 0.25) is 5.95 Å². The molecule has 35 heavy (non-hydrogen) atoms. The molecule has 1 spiro atoms. The van der Waals surface area contributed by atoms with Crippen molar-refractivity contribution in [2.45, 2.75) is 44.1 Å². The van der Waals surface area contributed by atoms with Crippen molar-refractivity contribution in [3.05, 3.63) is 118 Å². The van der Waals surface area contributed by atoms with Crippen LogP contribution in [0.25, 0.3) is 11.3 Å². The number of nitrogens with zero attached hydrogens (tertiary/aromatic N) is 3. The molecule has 174 valence electrons. The molecule has 6 rings (SSSR count). The first-order chi connectivity index (χ1) is 17.2. The highest BCUT2D eigenvalue weighted by Crippen LogP contribution is 2.49. The summed E-state index contributed by atoms with van der Waals surface area (Å²) < 4.78 is 1.77. The zero-order valence-corrected chi connectivity index (χ0v) is 19.7. The number of hydrogen-bond donors (Lipinski definition) is 1. The van der Waals surface area contributed by atoms with E-state index in [-0.39, 0.29) is 11.0 Å². The lowest BCUT2D eigenvalue weighted by molar-refractivity contribution is 0.422. The van der Waals surface area contributed by atoms with Crippen LogP contribution in [0.1, 0.15) is 47.9 Å². The van der Waals surface area contributed by atoms with Gasteiger partial charge in [0.15, 0.2) is 0 Å². The number of hydrazone groups is 1. The van der Waals surface area contributed by atoms with E-state index >= 15 is 0 Å². The summed E-state index contributed by atoms with van der Waals surface area (Å²) in [7, 11) is 0. The molecule has 3 aromatic carbocycles. The molecule has 0 amide bonds. The number of anilines is 1. The lowest BCUT2D eigenvalue weighted by Crippen LogP contribution is -2.40. The fraction of sp³-hybridized carbons (Fsp3) is 0.233. The number of rotatable bonds is 5. The number of hydrogen-bond acceptors (Lipinski definition) is 4. The van der Waals surface area contributed by atoms with Crippen molar-refractivity contribution < 1.29 is 0 Å². The first-order valence-corrected chi connectivity index (χ1v) is 12.4. The van der Waals surface area contributed by atoms with Gasteiger partial charge in [0.05, 0.1) is 24.0 Å². The Bertz CT molecular complexity index is 1430. The van der Waals surface area contributed by atoms with Crippen molar-refractivity contribution in [2.24, 2.45) is 5.10 Å². The molecule has 0 bridgehead atoms. The summed E-state index contributed by atoms with van der Waals surface area (Å²) in [6.45, 7) is 0.445. The van der Waals surface area contributed by atoms with E-state index in [1.54, 1.807) is 10.8 Å². The Morgan fingerprint density at radius 3 is 2.37 bits per heavy atom. The quantitative estimate of drug-likeness (QED) is 0.304. The molecular weight excluding hydrogens is 432 g/mol. The van der Waals surface area contributed by atoms with Crippen LogP contribution in [0.15, 0.2) is 94.8 Å². The zero-order valence-electron chi connectivity index (χ0n) is 19.7. The summed E-state index contributed by atoms with van der Waals surface area (Å²) in [5.74, 6) is 0.467. The Morgan fingerprint density at radius 2 is 1.60 bits per heavy atom. The molecule has 0 radical (unpaired) electrons. The molecule has 0 atom stereocenters. The number of benzene rings is 3. The fourth-order valence-electron chi connectivity index (χ4n) is 5.77. The largest absolute Gasteiger partial charge is 0.273 e. The minimum Gasteiger partial charge on any atom is -0.273 e. The van der Waals surface area contributed by atoms with Crippen LogP contribution in [0, 0.1) is 0 Å². The predicted molar refractivity (Wildman–Crippen MR) is 141 cm³/mol. The molecular formula is C30H28N4O. The van der Waals surface area contributed by atoms with Crippen LogP contribution in [0.5, 0.6) is 0 Å². The Kier molecular flexibility index (Phi) is 5.53. The van der Waals surface area contributed by atoms with Gasteiger partial charge in [0.1, 0.15) is 0 Å². The highest BCUT2D eigenvalue weighted by molar-refractivity contribution is 5.80. The van der Waals surface area contributed by atoms with Crippen LogP contribution in [0.4, 0.5) is 5.95 Å². The number of aromatic nitrogens is 2. The van der Waals surface area contributed by atoms with Gasteiger partial charge in [-0.05, 0) is 36.0 Å². The molecule has 5 heteroatoms. The highest BCUT2D eigenvalue weighted by atomic mass is 16.1. The third-order valence-corrected chi connectivity index (χ3v) is 7.42. The van der Waals surface area contributed by atoms with Crippen LogP contribution in [-0.4, -0.2) is 15.8 Å². The molecule has 1 heterocycles. The summed E-state index contributed by atoms with van der Waals surface area (Å²) in [5.41, 5.74) is 9.13. The van der Waals surface area contributed by atoms with Crippen LogP contribution in [0.3, 0.4) is 0 Å². The average molecular weight is 461 g/mol. The van der Waals surface area contributed by atoms with Crippen LogP contribution >= 0.6 is 0 Å². The van der Waals surface area contributed by atoms with E-state index < -0.39 is 0 Å². The SMILES string of the molecule is O=c1c2c(nc(NN=Cc3ccccc3)n1Cc1ccccc1)-c1ccccc1CC21CCCC1. The Balaban J connectivity index is 1.52. The molecule has 0 saturated heterocycles. The first-order valence-electron chi connectivity index (χ1n) is 12.4. The summed E-state index contributed by atoms with van der Waals surface area (Å²) in [6.07, 6.45) is 7.05. The van der Waals surface area contributed by atoms with Crippen molar-refractivity contribution >= 4 is 12.2 Å². The molecule has 0 aliphatic heterocycles. The van der Waals surface area contributed by atoms with E-state index in [9.17, 15) is 4.79 Å². The van der Waals surface area contributed by atoms with E-state index in [0.29, 0.717) is 12.5 Å². The van der Waals surface area contributed by atoms with Gasteiger partial charge >= 0.3 is 0 Å². The molecule has 4 aromatic rings. The van der Waals surface area contributed by atoms with Crippen LogP contribution in [-0.2, 0) is 18.4 Å². The van der Waals surface area contributed by atoms with Gasteiger partial charge in [-0.15, -0.1) is 0 Å². The smallest absolute Gasteiger partial charge is 0.259 e. The minimum atomic E-state index is -0.127. The van der Waals surface area contributed by atoms with Crippen molar-refractivity contribution in [1.29, 1.82) is 0 Å². The molecule has 0 unspecified atom stereocenters. The summed E-state index contributed by atoms with van der Waals surface area (Å²) in [6, 6.07) is 28.4. The van der Waals surface area contributed by atoms with E-state index in [0.717, 1.165) is 60.1 Å². The summed E-state index contributed by atoms with van der Waals surface area (Å²) in [5, 5.41) is 4.45. The molecule has 1 N–H and O–H groups in total. The maximum Gasteiger partial charge on any atom is 0.259 e. The molecule has 1 saturated carbocycles. The average Bonchev–Trinajstić information content (AvgIpc) is 3.35. The van der Waals surface area contributed by atoms with Gasteiger partial charge in [0.25, 0.3) is 5.56 Å². The van der Waals surface area contributed by atoms with Gasteiger partial charge in [0, 0.05) is 11.0 Å². The molecule has 1 fully saturated rings. The third kappa shape index (κ3) is 3.97. The second-order valence-electron chi connectivity index (χ2n) is 9.64. The summed E-state index contributed by atoms with van der Waals surface area (Å²) in [4.78, 5) is 19.4. The van der Waals surface area contributed by atoms with Gasteiger partial charge in [-0.1, -0.05) is 97.8 Å². The zero-order chi connectivity index (χ0) is 23.7. The topological polar surface area (TPSA) is 59.3 Å². The molecule has 1 aromatic heterocycles. The second kappa shape index (κ2) is 8.99. The van der Waals surface area contributed by atoms with Gasteiger partial charge < -0.3 is 0 Å². The molecule has 5 nitrogen and oxygen atoms in total. The predicted octanol–water partition coefficient (Wildman–Crippen LogP) is 5.77. The Hall–Kier alpha value is -3.99. The van der Waals surface area contributed by atoms with Crippen LogP contribution < -0.4 is 11.0 Å². The van der Waals surface area contributed by atoms with E-state index in [2.05, 4.69) is 28.7 Å². The lowest BCUT2D eigenvalue weighted by Gasteiger charge is -2.36. The first kappa shape index (κ1) is 21.5. The molecule has 2 aliphatic carbocycles. The third-order valence-electron chi connectivity index (χ3n) is 7.42. The van der Waals surface area contributed by atoms with Crippen molar-refractivity contribution in [2.75, 3.05) is 5.43 Å². The van der Waals surface area contributed by atoms with Gasteiger partial charge in [-0.3, -0.25) is 9.36 Å². The maximum absolute atomic E-state index is 14.3. The maximum atomic E-state index is 14.3. The van der Waals surface area contributed by atoms with Gasteiger partial charge in [-0.2, -0.15) is 5.10 Å². The van der Waals surface area contributed by atoms with Crippen molar-refractivity contribution in [3.63, 3.8) is 0 Å². The number of nitrogens with one attached hydrogen (secondary N) is 1. The highest BCUT2D eigenvalue weighted by Gasteiger charge is 2.44. The minimum absolute atomic E-state index is 0.0488. The standard InChI is InChI=1S/C30H28N4O/c35-28-26-27(25-16-8-7-15-24(25)19-30(26)17-9-10-18-30)32-29(33-31-20-22-11-3-1-4-12-22)34(28)21-23-13-5-2-6-14-23/h1-8,11-16,20H,9-10,17-19,21H2,(H,32,33). The van der Waals surface area contributed by atoms with Crippen molar-refractivity contribution in [1.82, 2.24) is 9.55 Å². The second-order valence-corrected chi connectivity index (χ2v) is 9.64. The van der Waals surface area contributed by atoms with Crippen molar-refractivity contribution in [3.8, 4) is 11.3 Å². The van der Waals surface area contributed by atoms with E-state index in [4.69, 9.17) is 4.98 Å². The summed E-state index contributed by atoms with van der Waals surface area (Å²) >= 11 is 0. The molecule has 2 aliphatic rings. The van der Waals surface area contributed by atoms with Crippen LogP contribution in [0.2, 0.25) is 0 Å². The lowest BCUT2D eigenvalue weighted by atomic mass is 9.68. The fourth-order valence-corrected chi connectivity index (χ4v) is 5.77. The van der Waals surface area contributed by atoms with Gasteiger partial charge in [-0.25, -0.2) is 10.4 Å². The normalized spacial score (nSPS) is 15.8. The van der Waals surface area contributed by atoms with E-state index in [1.165, 1.54) is 5.56 Å².